The number of carboxylic acid groups (broad SMARTS) is 1. The van der Waals surface area contributed by atoms with Crippen molar-refractivity contribution in [1.82, 2.24) is 5.32 Å². The molecule has 1 aliphatic carbocycles. The molecule has 1 aromatic rings. The number of aliphatic hydroxyl groups is 1. The number of hydrogen-bond acceptors (Lipinski definition) is 3. The molecule has 0 bridgehead atoms. The molecule has 1 aromatic carbocycles. The molecule has 2 unspecified atom stereocenters. The number of benzene rings is 1. The van der Waals surface area contributed by atoms with Crippen molar-refractivity contribution in [2.75, 3.05) is 0 Å². The second-order valence-electron chi connectivity index (χ2n) is 5.75. The van der Waals surface area contributed by atoms with Gasteiger partial charge in [-0.05, 0) is 50.7 Å². The predicted octanol–water partition coefficient (Wildman–Crippen LogP) is 2.03. The maximum absolute atomic E-state index is 12.5. The maximum atomic E-state index is 12.5. The van der Waals surface area contributed by atoms with E-state index < -0.39 is 5.97 Å². The van der Waals surface area contributed by atoms with Crippen LogP contribution in [0.15, 0.2) is 12.1 Å². The number of carboxylic acids is 1. The SMILES string of the molecule is Cc1ccc(C)c(C(=O)NC2CCCC(O)C2)c1C(=O)O. The standard InChI is InChI=1S/C16H21NO4/c1-9-6-7-10(2)14(16(20)21)13(9)15(19)17-11-4-3-5-12(18)8-11/h6-7,11-12,18H,3-5,8H2,1-2H3,(H,17,19)(H,20,21). The summed E-state index contributed by atoms with van der Waals surface area (Å²) in [4.78, 5) is 23.9. The number of amides is 1. The summed E-state index contributed by atoms with van der Waals surface area (Å²) >= 11 is 0. The van der Waals surface area contributed by atoms with Crippen LogP contribution in [0, 0.1) is 13.8 Å². The topological polar surface area (TPSA) is 86.6 Å². The van der Waals surface area contributed by atoms with Crippen molar-refractivity contribution in [3.05, 3.63) is 34.4 Å². The Kier molecular flexibility index (Phi) is 4.63. The van der Waals surface area contributed by atoms with Crippen LogP contribution in [0.5, 0.6) is 0 Å². The molecule has 0 heterocycles. The summed E-state index contributed by atoms with van der Waals surface area (Å²) in [5, 5.41) is 21.9. The first-order chi connectivity index (χ1) is 9.90. The predicted molar refractivity (Wildman–Crippen MR) is 78.6 cm³/mol. The second-order valence-corrected chi connectivity index (χ2v) is 5.75. The van der Waals surface area contributed by atoms with E-state index in [9.17, 15) is 19.8 Å². The number of carbonyl (C=O) groups is 2. The van der Waals surface area contributed by atoms with Crippen LogP contribution in [0.1, 0.15) is 57.5 Å². The van der Waals surface area contributed by atoms with Gasteiger partial charge in [0.25, 0.3) is 5.91 Å². The number of carbonyl (C=O) groups excluding carboxylic acids is 1. The Balaban J connectivity index is 2.26. The van der Waals surface area contributed by atoms with Crippen LogP contribution < -0.4 is 5.32 Å². The largest absolute Gasteiger partial charge is 0.478 e. The number of rotatable bonds is 3. The number of aromatic carboxylic acids is 1. The van der Waals surface area contributed by atoms with Crippen molar-refractivity contribution in [1.29, 1.82) is 0 Å². The third kappa shape index (κ3) is 3.42. The summed E-state index contributed by atoms with van der Waals surface area (Å²) in [6, 6.07) is 3.37. The van der Waals surface area contributed by atoms with E-state index in [1.54, 1.807) is 26.0 Å². The first-order valence-electron chi connectivity index (χ1n) is 7.22. The summed E-state index contributed by atoms with van der Waals surface area (Å²) in [5.74, 6) is -1.46. The molecule has 21 heavy (non-hydrogen) atoms. The van der Waals surface area contributed by atoms with Crippen molar-refractivity contribution < 1.29 is 19.8 Å². The molecule has 3 N–H and O–H groups in total. The summed E-state index contributed by atoms with van der Waals surface area (Å²) < 4.78 is 0. The first-order valence-corrected chi connectivity index (χ1v) is 7.22. The molecule has 2 atom stereocenters. The molecule has 1 fully saturated rings. The zero-order chi connectivity index (χ0) is 15.6. The van der Waals surface area contributed by atoms with E-state index >= 15 is 0 Å². The first kappa shape index (κ1) is 15.5. The van der Waals surface area contributed by atoms with Gasteiger partial charge in [0.2, 0.25) is 0 Å². The minimum atomic E-state index is -1.09. The molecule has 0 aromatic heterocycles. The van der Waals surface area contributed by atoms with Crippen LogP contribution in [-0.4, -0.2) is 34.2 Å². The highest BCUT2D eigenvalue weighted by Crippen LogP contribution is 2.22. The van der Waals surface area contributed by atoms with Gasteiger partial charge in [-0.25, -0.2) is 4.79 Å². The van der Waals surface area contributed by atoms with Crippen molar-refractivity contribution >= 4 is 11.9 Å². The Morgan fingerprint density at radius 1 is 1.14 bits per heavy atom. The molecule has 1 aliphatic rings. The Hall–Kier alpha value is -1.88. The average molecular weight is 291 g/mol. The van der Waals surface area contributed by atoms with Gasteiger partial charge in [0.05, 0.1) is 17.2 Å². The Morgan fingerprint density at radius 2 is 1.76 bits per heavy atom. The molecular weight excluding hydrogens is 270 g/mol. The molecule has 5 nitrogen and oxygen atoms in total. The molecule has 114 valence electrons. The Bertz CT molecular complexity index is 568. The summed E-state index contributed by atoms with van der Waals surface area (Å²) in [5.41, 5.74) is 1.50. The molecule has 1 saturated carbocycles. The van der Waals surface area contributed by atoms with Gasteiger partial charge in [-0.3, -0.25) is 4.79 Å². The highest BCUT2D eigenvalue weighted by Gasteiger charge is 2.26. The Morgan fingerprint density at radius 3 is 2.33 bits per heavy atom. The molecule has 0 spiro atoms. The van der Waals surface area contributed by atoms with Crippen LogP contribution in [0.25, 0.3) is 0 Å². The number of aryl methyl sites for hydroxylation is 2. The third-order valence-corrected chi connectivity index (χ3v) is 4.04. The number of nitrogens with one attached hydrogen (secondary N) is 1. The zero-order valence-corrected chi connectivity index (χ0v) is 12.3. The molecule has 1 amide bonds. The van der Waals surface area contributed by atoms with Gasteiger partial charge in [0.15, 0.2) is 0 Å². The van der Waals surface area contributed by atoms with Crippen LogP contribution in [-0.2, 0) is 0 Å². The van der Waals surface area contributed by atoms with E-state index in [1.807, 2.05) is 0 Å². The van der Waals surface area contributed by atoms with Crippen molar-refractivity contribution in [2.45, 2.75) is 51.7 Å². The smallest absolute Gasteiger partial charge is 0.336 e. The van der Waals surface area contributed by atoms with Crippen molar-refractivity contribution in [3.63, 3.8) is 0 Å². The lowest BCUT2D eigenvalue weighted by Gasteiger charge is -2.27. The second kappa shape index (κ2) is 6.26. The fraction of sp³-hybridized carbons (Fsp3) is 0.500. The quantitative estimate of drug-likeness (QED) is 0.795. The van der Waals surface area contributed by atoms with E-state index in [2.05, 4.69) is 5.32 Å². The van der Waals surface area contributed by atoms with Crippen LogP contribution in [0.4, 0.5) is 0 Å². The highest BCUT2D eigenvalue weighted by atomic mass is 16.4. The van der Waals surface area contributed by atoms with E-state index in [-0.39, 0.29) is 29.2 Å². The summed E-state index contributed by atoms with van der Waals surface area (Å²) in [6.45, 7) is 3.42. The lowest BCUT2D eigenvalue weighted by Crippen LogP contribution is -2.40. The minimum Gasteiger partial charge on any atom is -0.478 e. The van der Waals surface area contributed by atoms with Gasteiger partial charge in [0.1, 0.15) is 0 Å². The van der Waals surface area contributed by atoms with Gasteiger partial charge in [-0.1, -0.05) is 12.1 Å². The summed E-state index contributed by atoms with van der Waals surface area (Å²) in [7, 11) is 0. The molecular formula is C16H21NO4. The van der Waals surface area contributed by atoms with Crippen molar-refractivity contribution in [3.8, 4) is 0 Å². The fourth-order valence-corrected chi connectivity index (χ4v) is 2.93. The maximum Gasteiger partial charge on any atom is 0.336 e. The molecule has 0 saturated heterocycles. The van der Waals surface area contributed by atoms with Gasteiger partial charge < -0.3 is 15.5 Å². The van der Waals surface area contributed by atoms with Gasteiger partial charge in [0, 0.05) is 6.04 Å². The van der Waals surface area contributed by atoms with E-state index in [1.165, 1.54) is 0 Å². The lowest BCUT2D eigenvalue weighted by atomic mass is 9.91. The molecule has 2 rings (SSSR count). The molecule has 5 heteroatoms. The van der Waals surface area contributed by atoms with E-state index in [4.69, 9.17) is 0 Å². The van der Waals surface area contributed by atoms with Crippen LogP contribution >= 0.6 is 0 Å². The Labute approximate surface area is 124 Å². The fourth-order valence-electron chi connectivity index (χ4n) is 2.93. The monoisotopic (exact) mass is 291 g/mol. The van der Waals surface area contributed by atoms with Crippen LogP contribution in [0.2, 0.25) is 0 Å². The third-order valence-electron chi connectivity index (χ3n) is 4.04. The van der Waals surface area contributed by atoms with Crippen molar-refractivity contribution in [2.24, 2.45) is 0 Å². The van der Waals surface area contributed by atoms with Gasteiger partial charge in [-0.15, -0.1) is 0 Å². The lowest BCUT2D eigenvalue weighted by molar-refractivity contribution is 0.0686. The molecule has 0 radical (unpaired) electrons. The van der Waals surface area contributed by atoms with E-state index in [0.717, 1.165) is 19.3 Å². The zero-order valence-electron chi connectivity index (χ0n) is 12.3. The highest BCUT2D eigenvalue weighted by molar-refractivity contribution is 6.06. The van der Waals surface area contributed by atoms with Gasteiger partial charge in [-0.2, -0.15) is 0 Å². The van der Waals surface area contributed by atoms with Crippen LogP contribution in [0.3, 0.4) is 0 Å². The van der Waals surface area contributed by atoms with Gasteiger partial charge >= 0.3 is 5.97 Å². The normalized spacial score (nSPS) is 21.9. The molecule has 0 aliphatic heterocycles. The van der Waals surface area contributed by atoms with E-state index in [0.29, 0.717) is 17.5 Å². The number of hydrogen-bond donors (Lipinski definition) is 3. The summed E-state index contributed by atoms with van der Waals surface area (Å²) in [6.07, 6.45) is 2.58. The minimum absolute atomic E-state index is 0.0591. The average Bonchev–Trinajstić information content (AvgIpc) is 2.40. The number of aliphatic hydroxyl groups excluding tert-OH is 1.